The molecule has 1 aliphatic rings. The van der Waals surface area contributed by atoms with Gasteiger partial charge in [0.05, 0.1) is 12.3 Å². The van der Waals surface area contributed by atoms with E-state index >= 15 is 0 Å². The summed E-state index contributed by atoms with van der Waals surface area (Å²) in [6.07, 6.45) is 5.87. The number of hydrogen-bond acceptors (Lipinski definition) is 5. The van der Waals surface area contributed by atoms with Crippen LogP contribution in [-0.2, 0) is 4.74 Å². The van der Waals surface area contributed by atoms with Crippen molar-refractivity contribution in [2.75, 3.05) is 6.61 Å². The van der Waals surface area contributed by atoms with Crippen molar-refractivity contribution < 1.29 is 14.6 Å². The smallest absolute Gasteiger partial charge is 0.358 e. The Balaban J connectivity index is 1.96. The van der Waals surface area contributed by atoms with Crippen LogP contribution in [0.2, 0.25) is 0 Å². The molecule has 6 heteroatoms. The van der Waals surface area contributed by atoms with Crippen LogP contribution in [0.1, 0.15) is 61.1 Å². The summed E-state index contributed by atoms with van der Waals surface area (Å²) in [5.41, 5.74) is 1.54. The molecule has 1 saturated carbocycles. The number of ether oxygens (including phenoxy) is 1. The number of nitrogens with zero attached hydrogens (tertiary/aromatic N) is 3. The molecule has 2 aromatic rings. The summed E-state index contributed by atoms with van der Waals surface area (Å²) in [5, 5.41) is 14.2. The topological polar surface area (TPSA) is 76.7 Å². The second-order valence-corrected chi connectivity index (χ2v) is 5.39. The molecule has 0 bridgehead atoms. The molecule has 1 aliphatic carbocycles. The van der Waals surface area contributed by atoms with E-state index in [0.29, 0.717) is 18.2 Å². The molecule has 0 aromatic carbocycles. The van der Waals surface area contributed by atoms with Crippen molar-refractivity contribution in [3.05, 3.63) is 23.5 Å². The first-order chi connectivity index (χ1) is 10.2. The fourth-order valence-corrected chi connectivity index (χ4v) is 2.89. The van der Waals surface area contributed by atoms with Crippen LogP contribution in [0.3, 0.4) is 0 Å². The first-order valence-corrected chi connectivity index (χ1v) is 7.46. The Morgan fingerprint density at radius 2 is 2.14 bits per heavy atom. The van der Waals surface area contributed by atoms with Crippen molar-refractivity contribution in [3.8, 4) is 5.88 Å². The van der Waals surface area contributed by atoms with Crippen molar-refractivity contribution in [1.82, 2.24) is 14.6 Å². The monoisotopic (exact) mass is 289 g/mol. The third-order valence-corrected chi connectivity index (χ3v) is 3.94. The van der Waals surface area contributed by atoms with Crippen molar-refractivity contribution in [2.24, 2.45) is 0 Å². The second kappa shape index (κ2) is 5.71. The number of fused-ring (bicyclic) bond motifs is 1. The van der Waals surface area contributed by atoms with Gasteiger partial charge in [0, 0.05) is 18.1 Å². The van der Waals surface area contributed by atoms with Gasteiger partial charge in [-0.3, -0.25) is 0 Å². The van der Waals surface area contributed by atoms with Crippen LogP contribution in [0, 0.1) is 0 Å². The molecular weight excluding hydrogens is 270 g/mol. The highest BCUT2D eigenvalue weighted by Gasteiger charge is 2.20. The van der Waals surface area contributed by atoms with E-state index in [1.807, 2.05) is 0 Å². The highest BCUT2D eigenvalue weighted by molar-refractivity contribution is 5.88. The molecule has 2 heterocycles. The third-order valence-electron chi connectivity index (χ3n) is 3.94. The van der Waals surface area contributed by atoms with E-state index in [1.165, 1.54) is 23.8 Å². The zero-order chi connectivity index (χ0) is 14.8. The van der Waals surface area contributed by atoms with Crippen LogP contribution in [0.4, 0.5) is 0 Å². The van der Waals surface area contributed by atoms with Crippen LogP contribution in [0.5, 0.6) is 5.88 Å². The molecule has 0 radical (unpaired) electrons. The summed E-state index contributed by atoms with van der Waals surface area (Å²) < 4.78 is 6.20. The summed E-state index contributed by atoms with van der Waals surface area (Å²) in [5.74, 6) is -0.103. The molecule has 21 heavy (non-hydrogen) atoms. The van der Waals surface area contributed by atoms with Gasteiger partial charge in [-0.15, -0.1) is 0 Å². The van der Waals surface area contributed by atoms with Crippen LogP contribution in [-0.4, -0.2) is 32.3 Å². The molecule has 3 rings (SSSR count). The first kappa shape index (κ1) is 13.9. The van der Waals surface area contributed by atoms with Gasteiger partial charge in [0.25, 0.3) is 0 Å². The van der Waals surface area contributed by atoms with Crippen LogP contribution in [0.15, 0.2) is 12.1 Å². The Kier molecular flexibility index (Phi) is 3.77. The molecule has 0 spiro atoms. The van der Waals surface area contributed by atoms with Gasteiger partial charge >= 0.3 is 5.97 Å². The second-order valence-electron chi connectivity index (χ2n) is 5.39. The minimum Gasteiger partial charge on any atom is -0.493 e. The van der Waals surface area contributed by atoms with Gasteiger partial charge in [0.15, 0.2) is 11.3 Å². The predicted molar refractivity (Wildman–Crippen MR) is 76.4 cm³/mol. The van der Waals surface area contributed by atoms with Gasteiger partial charge in [0.1, 0.15) is 0 Å². The predicted octanol–water partition coefficient (Wildman–Crippen LogP) is 2.66. The van der Waals surface area contributed by atoms with Crippen molar-refractivity contribution in [1.29, 1.82) is 0 Å². The standard InChI is InChI=1S/C15H19N3O3/c1-2-21-15(20)12-8-13-16-11(9-14(19)18(13)17-12)10-6-4-3-5-7-10/h8-10,19H,2-7H2,1H3. The van der Waals surface area contributed by atoms with E-state index < -0.39 is 5.97 Å². The molecule has 1 N–H and O–H groups in total. The van der Waals surface area contributed by atoms with Crippen molar-refractivity contribution in [2.45, 2.75) is 44.9 Å². The van der Waals surface area contributed by atoms with Gasteiger partial charge in [-0.2, -0.15) is 9.61 Å². The molecule has 1 fully saturated rings. The van der Waals surface area contributed by atoms with Gasteiger partial charge in [-0.25, -0.2) is 9.78 Å². The third kappa shape index (κ3) is 2.70. The number of aromatic nitrogens is 3. The highest BCUT2D eigenvalue weighted by atomic mass is 16.5. The Bertz CT molecular complexity index is 659. The van der Waals surface area contributed by atoms with Crippen molar-refractivity contribution >= 4 is 11.6 Å². The summed E-state index contributed by atoms with van der Waals surface area (Å²) in [7, 11) is 0. The zero-order valence-electron chi connectivity index (χ0n) is 12.1. The molecule has 6 nitrogen and oxygen atoms in total. The SMILES string of the molecule is CCOC(=O)c1cc2nc(C3CCCCC3)cc(O)n2n1. The maximum absolute atomic E-state index is 11.7. The highest BCUT2D eigenvalue weighted by Crippen LogP contribution is 2.33. The zero-order valence-corrected chi connectivity index (χ0v) is 12.1. The normalized spacial score (nSPS) is 16.2. The van der Waals surface area contributed by atoms with Crippen LogP contribution < -0.4 is 0 Å². The lowest BCUT2D eigenvalue weighted by Gasteiger charge is -2.21. The quantitative estimate of drug-likeness (QED) is 0.879. The molecule has 112 valence electrons. The van der Waals surface area contributed by atoms with E-state index in [4.69, 9.17) is 4.74 Å². The Hall–Kier alpha value is -2.11. The molecule has 2 aromatic heterocycles. The van der Waals surface area contributed by atoms with Crippen molar-refractivity contribution in [3.63, 3.8) is 0 Å². The lowest BCUT2D eigenvalue weighted by molar-refractivity contribution is 0.0519. The molecule has 0 saturated heterocycles. The molecule has 0 atom stereocenters. The van der Waals surface area contributed by atoms with Crippen LogP contribution >= 0.6 is 0 Å². The number of rotatable bonds is 3. The molecule has 0 unspecified atom stereocenters. The Morgan fingerprint density at radius 3 is 2.86 bits per heavy atom. The van der Waals surface area contributed by atoms with E-state index in [9.17, 15) is 9.90 Å². The van der Waals surface area contributed by atoms with Gasteiger partial charge < -0.3 is 9.84 Å². The number of carbonyl (C=O) groups is 1. The minimum atomic E-state index is -0.499. The van der Waals surface area contributed by atoms with E-state index in [2.05, 4.69) is 10.1 Å². The van der Waals surface area contributed by atoms with Gasteiger partial charge in [0.2, 0.25) is 5.88 Å². The Morgan fingerprint density at radius 1 is 1.38 bits per heavy atom. The summed E-state index contributed by atoms with van der Waals surface area (Å²) in [6.45, 7) is 2.03. The molecule has 0 amide bonds. The van der Waals surface area contributed by atoms with Gasteiger partial charge in [-0.05, 0) is 19.8 Å². The first-order valence-electron chi connectivity index (χ1n) is 7.46. The van der Waals surface area contributed by atoms with Crippen LogP contribution in [0.25, 0.3) is 5.65 Å². The van der Waals surface area contributed by atoms with E-state index in [1.54, 1.807) is 19.1 Å². The van der Waals surface area contributed by atoms with E-state index in [0.717, 1.165) is 18.5 Å². The lowest BCUT2D eigenvalue weighted by atomic mass is 9.87. The lowest BCUT2D eigenvalue weighted by Crippen LogP contribution is -2.08. The fourth-order valence-electron chi connectivity index (χ4n) is 2.89. The van der Waals surface area contributed by atoms with Gasteiger partial charge in [-0.1, -0.05) is 19.3 Å². The maximum Gasteiger partial charge on any atom is 0.358 e. The summed E-state index contributed by atoms with van der Waals surface area (Å²) in [6, 6.07) is 3.22. The summed E-state index contributed by atoms with van der Waals surface area (Å²) >= 11 is 0. The maximum atomic E-state index is 11.7. The number of aromatic hydroxyl groups is 1. The minimum absolute atomic E-state index is 0.0103. The average molecular weight is 289 g/mol. The summed E-state index contributed by atoms with van der Waals surface area (Å²) in [4.78, 5) is 16.3. The number of hydrogen-bond donors (Lipinski definition) is 1. The fraction of sp³-hybridized carbons (Fsp3) is 0.533. The number of esters is 1. The average Bonchev–Trinajstić information content (AvgIpc) is 2.93. The largest absolute Gasteiger partial charge is 0.493 e. The Labute approximate surface area is 122 Å². The molecular formula is C15H19N3O3. The number of carbonyl (C=O) groups excluding carboxylic acids is 1. The van der Waals surface area contributed by atoms with E-state index in [-0.39, 0.29) is 11.6 Å². The molecule has 0 aliphatic heterocycles.